The van der Waals surface area contributed by atoms with Gasteiger partial charge in [-0.3, -0.25) is 5.32 Å². The van der Waals surface area contributed by atoms with Gasteiger partial charge in [0.1, 0.15) is 0 Å². The van der Waals surface area contributed by atoms with Crippen LogP contribution in [0.1, 0.15) is 51.1 Å². The summed E-state index contributed by atoms with van der Waals surface area (Å²) in [6.07, 6.45) is 6.58. The van der Waals surface area contributed by atoms with Gasteiger partial charge in [0.2, 0.25) is 0 Å². The third-order valence-electron chi connectivity index (χ3n) is 5.21. The number of hydrogen-bond acceptors (Lipinski definition) is 5. The average Bonchev–Trinajstić information content (AvgIpc) is 3.01. The Morgan fingerprint density at radius 1 is 1.33 bits per heavy atom. The Bertz CT molecular complexity index is 535. The van der Waals surface area contributed by atoms with Crippen molar-refractivity contribution in [2.24, 2.45) is 5.92 Å². The monoisotopic (exact) mass is 353 g/mol. The van der Waals surface area contributed by atoms with Gasteiger partial charge in [0, 0.05) is 11.4 Å². The van der Waals surface area contributed by atoms with E-state index in [1.807, 2.05) is 5.38 Å². The highest BCUT2D eigenvalue weighted by atomic mass is 32.1. The smallest absolute Gasteiger partial charge is 0.410 e. The molecule has 1 aliphatic carbocycles. The first kappa shape index (κ1) is 17.6. The first-order valence-corrected chi connectivity index (χ1v) is 9.78. The van der Waals surface area contributed by atoms with E-state index in [0.29, 0.717) is 17.8 Å². The third kappa shape index (κ3) is 4.91. The van der Waals surface area contributed by atoms with Crippen LogP contribution >= 0.6 is 11.3 Å². The van der Waals surface area contributed by atoms with E-state index in [1.165, 1.54) is 50.1 Å². The lowest BCUT2D eigenvalue weighted by Gasteiger charge is -2.40. The van der Waals surface area contributed by atoms with E-state index in [9.17, 15) is 4.79 Å². The maximum absolute atomic E-state index is 10.6. The Balaban J connectivity index is 1.38. The number of nitrogens with zero attached hydrogens (tertiary/aromatic N) is 2. The van der Waals surface area contributed by atoms with E-state index in [4.69, 9.17) is 9.84 Å². The van der Waals surface area contributed by atoms with Crippen LogP contribution in [0.4, 0.5) is 9.93 Å². The van der Waals surface area contributed by atoms with E-state index >= 15 is 0 Å². The molecule has 7 heteroatoms. The van der Waals surface area contributed by atoms with Crippen LogP contribution < -0.4 is 5.32 Å². The topological polar surface area (TPSA) is 74.7 Å². The quantitative estimate of drug-likeness (QED) is 0.842. The van der Waals surface area contributed by atoms with E-state index < -0.39 is 6.09 Å². The molecule has 0 bridgehead atoms. The molecule has 24 heavy (non-hydrogen) atoms. The Morgan fingerprint density at radius 2 is 2.04 bits per heavy atom. The zero-order valence-corrected chi connectivity index (χ0v) is 15.1. The molecule has 1 saturated heterocycles. The van der Waals surface area contributed by atoms with Crippen LogP contribution in [0.3, 0.4) is 0 Å². The summed E-state index contributed by atoms with van der Waals surface area (Å²) >= 11 is 1.29. The molecule has 1 aliphatic heterocycles. The van der Waals surface area contributed by atoms with Crippen LogP contribution in [0.15, 0.2) is 5.38 Å². The highest BCUT2D eigenvalue weighted by Gasteiger charge is 2.28. The molecule has 2 N–H and O–H groups in total. The molecule has 1 amide bonds. The maximum atomic E-state index is 10.6. The number of likely N-dealkylation sites (tertiary alicyclic amines) is 1. The molecular formula is C17H27N3O3S. The number of thiazole rings is 1. The van der Waals surface area contributed by atoms with E-state index in [0.717, 1.165) is 30.5 Å². The van der Waals surface area contributed by atoms with Gasteiger partial charge in [0.25, 0.3) is 0 Å². The van der Waals surface area contributed by atoms with Gasteiger partial charge in [0.15, 0.2) is 5.13 Å². The number of carbonyl (C=O) groups is 1. The van der Waals surface area contributed by atoms with Crippen molar-refractivity contribution < 1.29 is 14.6 Å². The fourth-order valence-electron chi connectivity index (χ4n) is 3.70. The summed E-state index contributed by atoms with van der Waals surface area (Å²) in [7, 11) is 0. The second kappa shape index (κ2) is 8.27. The largest absolute Gasteiger partial charge is 0.465 e. The summed E-state index contributed by atoms with van der Waals surface area (Å²) in [6.45, 7) is 5.34. The predicted molar refractivity (Wildman–Crippen MR) is 94.6 cm³/mol. The van der Waals surface area contributed by atoms with Crippen LogP contribution in [-0.2, 0) is 11.3 Å². The van der Waals surface area contributed by atoms with Crippen molar-refractivity contribution in [2.75, 3.05) is 18.4 Å². The van der Waals surface area contributed by atoms with Crippen LogP contribution in [-0.4, -0.2) is 46.3 Å². The Morgan fingerprint density at radius 3 is 2.71 bits per heavy atom. The maximum Gasteiger partial charge on any atom is 0.410 e. The first-order chi connectivity index (χ1) is 11.6. The highest BCUT2D eigenvalue weighted by Crippen LogP contribution is 2.29. The van der Waals surface area contributed by atoms with Gasteiger partial charge in [-0.15, -0.1) is 11.3 Å². The van der Waals surface area contributed by atoms with Gasteiger partial charge in [-0.2, -0.15) is 0 Å². The van der Waals surface area contributed by atoms with Gasteiger partial charge >= 0.3 is 6.09 Å². The number of rotatable bonds is 5. The number of anilines is 1. The minimum atomic E-state index is -1.08. The zero-order valence-electron chi connectivity index (χ0n) is 14.2. The van der Waals surface area contributed by atoms with Crippen molar-refractivity contribution in [2.45, 2.75) is 64.2 Å². The summed E-state index contributed by atoms with van der Waals surface area (Å²) in [6, 6.07) is 0.739. The minimum Gasteiger partial charge on any atom is -0.465 e. The number of hydrogen-bond donors (Lipinski definition) is 2. The summed E-state index contributed by atoms with van der Waals surface area (Å²) in [5.74, 6) is 0.888. The predicted octanol–water partition coefficient (Wildman–Crippen LogP) is 3.79. The number of amides is 1. The summed E-state index contributed by atoms with van der Waals surface area (Å²) in [5.41, 5.74) is 0.802. The van der Waals surface area contributed by atoms with Crippen molar-refractivity contribution in [3.05, 3.63) is 11.1 Å². The molecule has 0 atom stereocenters. The van der Waals surface area contributed by atoms with Crippen LogP contribution in [0, 0.1) is 5.92 Å². The summed E-state index contributed by atoms with van der Waals surface area (Å²) in [5, 5.41) is 13.2. The van der Waals surface area contributed by atoms with Crippen LogP contribution in [0.25, 0.3) is 0 Å². The van der Waals surface area contributed by atoms with Gasteiger partial charge in [-0.25, -0.2) is 9.78 Å². The lowest BCUT2D eigenvalue weighted by Crippen LogP contribution is -2.43. The zero-order chi connectivity index (χ0) is 16.9. The summed E-state index contributed by atoms with van der Waals surface area (Å²) in [4.78, 5) is 17.5. The molecule has 134 valence electrons. The Kier molecular flexibility index (Phi) is 6.08. The van der Waals surface area contributed by atoms with Crippen molar-refractivity contribution in [1.29, 1.82) is 0 Å². The molecular weight excluding hydrogens is 326 g/mol. The second-order valence-electron chi connectivity index (χ2n) is 7.03. The number of nitrogens with one attached hydrogen (secondary N) is 1. The molecule has 0 aromatic carbocycles. The van der Waals surface area contributed by atoms with Crippen molar-refractivity contribution in [3.63, 3.8) is 0 Å². The Hall–Kier alpha value is -1.18. The summed E-state index contributed by atoms with van der Waals surface area (Å²) < 4.78 is 5.99. The van der Waals surface area contributed by atoms with Gasteiger partial charge in [-0.05, 0) is 57.5 Å². The normalized spacial score (nSPS) is 26.4. The molecule has 0 spiro atoms. The molecule has 2 aliphatic rings. The molecule has 2 fully saturated rings. The molecule has 0 unspecified atom stereocenters. The SMILES string of the molecule is CC1CCN([C@H]2CC[C@H](OCc3csc(NC(=O)O)n3)CC2)CC1. The van der Waals surface area contributed by atoms with Gasteiger partial charge < -0.3 is 14.7 Å². The molecule has 1 aromatic heterocycles. The number of piperidine rings is 1. The molecule has 1 aromatic rings. The highest BCUT2D eigenvalue weighted by molar-refractivity contribution is 7.13. The van der Waals surface area contributed by atoms with Crippen LogP contribution in [0.2, 0.25) is 0 Å². The standard InChI is InChI=1S/C17H27N3O3S/c1-12-6-8-20(9-7-12)14-2-4-15(5-3-14)23-10-13-11-24-16(18-13)19-17(21)22/h11-12,14-15H,2-10H2,1H3,(H,18,19)(H,21,22)/t14-,15-. The van der Waals surface area contributed by atoms with Crippen molar-refractivity contribution in [1.82, 2.24) is 9.88 Å². The van der Waals surface area contributed by atoms with Crippen molar-refractivity contribution >= 4 is 22.6 Å². The second-order valence-corrected chi connectivity index (χ2v) is 7.89. The van der Waals surface area contributed by atoms with E-state index in [2.05, 4.69) is 22.1 Å². The number of ether oxygens (including phenoxy) is 1. The number of carboxylic acid groups (broad SMARTS) is 1. The van der Waals surface area contributed by atoms with Gasteiger partial charge in [0.05, 0.1) is 18.4 Å². The fraction of sp³-hybridized carbons (Fsp3) is 0.765. The number of aromatic nitrogens is 1. The van der Waals surface area contributed by atoms with Gasteiger partial charge in [-0.1, -0.05) is 6.92 Å². The molecule has 1 saturated carbocycles. The fourth-order valence-corrected chi connectivity index (χ4v) is 4.38. The minimum absolute atomic E-state index is 0.308. The Labute approximate surface area is 147 Å². The lowest BCUT2D eigenvalue weighted by molar-refractivity contribution is -0.00756. The average molecular weight is 353 g/mol. The van der Waals surface area contributed by atoms with Crippen LogP contribution in [0.5, 0.6) is 0 Å². The van der Waals surface area contributed by atoms with E-state index in [-0.39, 0.29) is 0 Å². The molecule has 2 heterocycles. The molecule has 3 rings (SSSR count). The van der Waals surface area contributed by atoms with Crippen molar-refractivity contribution in [3.8, 4) is 0 Å². The lowest BCUT2D eigenvalue weighted by atomic mass is 9.89. The first-order valence-electron chi connectivity index (χ1n) is 8.90. The molecule has 0 radical (unpaired) electrons. The molecule has 6 nitrogen and oxygen atoms in total. The van der Waals surface area contributed by atoms with E-state index in [1.54, 1.807) is 0 Å². The third-order valence-corrected chi connectivity index (χ3v) is 6.02.